The first-order chi connectivity index (χ1) is 6.63. The molecule has 1 aliphatic rings. The van der Waals surface area contributed by atoms with Gasteiger partial charge in [-0.05, 0) is 0 Å². The summed E-state index contributed by atoms with van der Waals surface area (Å²) in [5, 5.41) is 2.45. The first-order valence-electron chi connectivity index (χ1n) is 4.29. The second kappa shape index (κ2) is 5.21. The van der Waals surface area contributed by atoms with Crippen molar-refractivity contribution in [2.45, 2.75) is 19.1 Å². The summed E-state index contributed by atoms with van der Waals surface area (Å²) < 4.78 is 9.86. The van der Waals surface area contributed by atoms with E-state index in [2.05, 4.69) is 17.9 Å². The number of amides is 1. The fraction of sp³-hybridized carbons (Fsp3) is 0.750. The molecule has 0 aromatic heterocycles. The molecule has 1 heterocycles. The molecular formula is C8H13NO4S. The highest BCUT2D eigenvalue weighted by atomic mass is 32.1. The number of esters is 1. The molecule has 0 saturated carbocycles. The molecule has 1 N–H and O–H groups in total. The van der Waals surface area contributed by atoms with Gasteiger partial charge in [0.25, 0.3) is 0 Å². The van der Waals surface area contributed by atoms with Gasteiger partial charge in [0.2, 0.25) is 5.91 Å². The maximum absolute atomic E-state index is 11.4. The monoisotopic (exact) mass is 219 g/mol. The fourth-order valence-electron chi connectivity index (χ4n) is 0.953. The average molecular weight is 219 g/mol. The van der Waals surface area contributed by atoms with Crippen LogP contribution in [0.25, 0.3) is 0 Å². The van der Waals surface area contributed by atoms with Gasteiger partial charge in [0.05, 0.1) is 13.2 Å². The molecule has 5 nitrogen and oxygen atoms in total. The number of ether oxygens (including phenoxy) is 2. The molecule has 1 rings (SSSR count). The fourth-order valence-corrected chi connectivity index (χ4v) is 1.19. The zero-order chi connectivity index (χ0) is 10.6. The minimum Gasteiger partial charge on any atom is -0.456 e. The van der Waals surface area contributed by atoms with Crippen molar-refractivity contribution in [2.24, 2.45) is 0 Å². The van der Waals surface area contributed by atoms with Gasteiger partial charge >= 0.3 is 5.97 Å². The number of nitrogens with one attached hydrogen (secondary N) is 1. The van der Waals surface area contributed by atoms with Crippen molar-refractivity contribution in [1.82, 2.24) is 5.32 Å². The van der Waals surface area contributed by atoms with Crippen LogP contribution in [0, 0.1) is 0 Å². The molecular weight excluding hydrogens is 206 g/mol. The van der Waals surface area contributed by atoms with Crippen molar-refractivity contribution in [2.75, 3.05) is 19.0 Å². The lowest BCUT2D eigenvalue weighted by atomic mass is 10.3. The van der Waals surface area contributed by atoms with Crippen LogP contribution in [0.5, 0.6) is 0 Å². The zero-order valence-electron chi connectivity index (χ0n) is 7.86. The number of hydrogen-bond acceptors (Lipinski definition) is 5. The molecule has 1 aliphatic heterocycles. The van der Waals surface area contributed by atoms with E-state index in [0.717, 1.165) is 0 Å². The number of rotatable bonds is 4. The normalized spacial score (nSPS) is 18.1. The van der Waals surface area contributed by atoms with Gasteiger partial charge in [-0.2, -0.15) is 12.6 Å². The highest BCUT2D eigenvalue weighted by Gasteiger charge is 2.27. The Morgan fingerprint density at radius 1 is 1.64 bits per heavy atom. The lowest BCUT2D eigenvalue weighted by molar-refractivity contribution is -0.174. The Labute approximate surface area is 87.5 Å². The molecule has 1 fully saturated rings. The molecule has 0 aromatic carbocycles. The van der Waals surface area contributed by atoms with Gasteiger partial charge in [0.15, 0.2) is 0 Å². The van der Waals surface area contributed by atoms with E-state index in [1.807, 2.05) is 0 Å². The lowest BCUT2D eigenvalue weighted by Crippen LogP contribution is -2.47. The first kappa shape index (κ1) is 11.3. The van der Waals surface area contributed by atoms with Gasteiger partial charge in [0.1, 0.15) is 12.1 Å². The summed E-state index contributed by atoms with van der Waals surface area (Å²) in [7, 11) is 0. The van der Waals surface area contributed by atoms with Crippen LogP contribution in [0.2, 0.25) is 0 Å². The average Bonchev–Trinajstić information content (AvgIpc) is 2.06. The van der Waals surface area contributed by atoms with Gasteiger partial charge in [0, 0.05) is 12.7 Å². The van der Waals surface area contributed by atoms with Gasteiger partial charge in [-0.1, -0.05) is 0 Å². The van der Waals surface area contributed by atoms with E-state index in [1.54, 1.807) is 0 Å². The largest absolute Gasteiger partial charge is 0.456 e. The third kappa shape index (κ3) is 3.19. The minimum absolute atomic E-state index is 0.168. The Balaban J connectivity index is 2.34. The van der Waals surface area contributed by atoms with Crippen molar-refractivity contribution in [3.05, 3.63) is 0 Å². The Morgan fingerprint density at radius 2 is 2.29 bits per heavy atom. The third-order valence-electron chi connectivity index (χ3n) is 1.73. The molecule has 0 radical (unpaired) electrons. The van der Waals surface area contributed by atoms with Gasteiger partial charge in [-0.25, -0.2) is 4.79 Å². The molecule has 80 valence electrons. The van der Waals surface area contributed by atoms with E-state index in [-0.39, 0.29) is 17.8 Å². The van der Waals surface area contributed by atoms with Gasteiger partial charge in [-0.3, -0.25) is 4.79 Å². The molecule has 0 aliphatic carbocycles. The quantitative estimate of drug-likeness (QED) is 0.488. The van der Waals surface area contributed by atoms with E-state index in [9.17, 15) is 9.59 Å². The van der Waals surface area contributed by atoms with Crippen LogP contribution in [-0.4, -0.2) is 43.0 Å². The molecule has 1 atom stereocenters. The second-order valence-electron chi connectivity index (χ2n) is 3.03. The van der Waals surface area contributed by atoms with Crippen LogP contribution < -0.4 is 5.32 Å². The Bertz CT molecular complexity index is 229. The lowest BCUT2D eigenvalue weighted by Gasteiger charge is -2.27. The highest BCUT2D eigenvalue weighted by molar-refractivity contribution is 7.80. The van der Waals surface area contributed by atoms with E-state index < -0.39 is 12.0 Å². The zero-order valence-corrected chi connectivity index (χ0v) is 8.75. The van der Waals surface area contributed by atoms with Crippen LogP contribution in [0.3, 0.4) is 0 Å². The molecule has 6 heteroatoms. The third-order valence-corrected chi connectivity index (χ3v) is 2.10. The minimum atomic E-state index is -0.670. The standard InChI is InChI=1S/C8H13NO4S/c1-5(10)9-7(4-14)8(11)13-6-2-12-3-6/h6-7,14H,2-4H2,1H3,(H,9,10). The molecule has 0 aromatic rings. The van der Waals surface area contributed by atoms with Crippen LogP contribution in [0.4, 0.5) is 0 Å². The van der Waals surface area contributed by atoms with E-state index >= 15 is 0 Å². The molecule has 1 unspecified atom stereocenters. The first-order valence-corrected chi connectivity index (χ1v) is 4.93. The van der Waals surface area contributed by atoms with Crippen LogP contribution >= 0.6 is 12.6 Å². The van der Waals surface area contributed by atoms with Crippen molar-refractivity contribution in [1.29, 1.82) is 0 Å². The molecule has 0 spiro atoms. The number of hydrogen-bond donors (Lipinski definition) is 2. The Morgan fingerprint density at radius 3 is 2.64 bits per heavy atom. The maximum atomic E-state index is 11.4. The summed E-state index contributed by atoms with van der Waals surface area (Å²) >= 11 is 3.95. The number of carbonyl (C=O) groups excluding carboxylic acids is 2. The molecule has 14 heavy (non-hydrogen) atoms. The van der Waals surface area contributed by atoms with Crippen molar-refractivity contribution in [3.63, 3.8) is 0 Å². The second-order valence-corrected chi connectivity index (χ2v) is 3.40. The smallest absolute Gasteiger partial charge is 0.329 e. The van der Waals surface area contributed by atoms with Crippen molar-refractivity contribution in [3.8, 4) is 0 Å². The highest BCUT2D eigenvalue weighted by Crippen LogP contribution is 2.07. The van der Waals surface area contributed by atoms with Crippen molar-refractivity contribution < 1.29 is 19.1 Å². The van der Waals surface area contributed by atoms with Gasteiger partial charge in [-0.15, -0.1) is 0 Å². The summed E-state index contributed by atoms with van der Waals surface area (Å²) in [5.74, 6) is -0.499. The predicted molar refractivity (Wildman–Crippen MR) is 52.2 cm³/mol. The summed E-state index contributed by atoms with van der Waals surface area (Å²) in [6.45, 7) is 2.21. The predicted octanol–water partition coefficient (Wildman–Crippen LogP) is -0.637. The molecule has 1 saturated heterocycles. The van der Waals surface area contributed by atoms with E-state index in [0.29, 0.717) is 13.2 Å². The van der Waals surface area contributed by atoms with Crippen LogP contribution in [0.1, 0.15) is 6.92 Å². The molecule has 0 bridgehead atoms. The summed E-state index contributed by atoms with van der Waals surface area (Å²) in [6, 6.07) is -0.670. The number of thiol groups is 1. The van der Waals surface area contributed by atoms with Crippen LogP contribution in [0.15, 0.2) is 0 Å². The number of carbonyl (C=O) groups is 2. The van der Waals surface area contributed by atoms with E-state index in [4.69, 9.17) is 9.47 Å². The topological polar surface area (TPSA) is 64.6 Å². The Kier molecular flexibility index (Phi) is 4.21. The maximum Gasteiger partial charge on any atom is 0.329 e. The molecule has 1 amide bonds. The van der Waals surface area contributed by atoms with Crippen molar-refractivity contribution >= 4 is 24.5 Å². The summed E-state index contributed by atoms with van der Waals surface area (Å²) in [4.78, 5) is 22.1. The van der Waals surface area contributed by atoms with Crippen LogP contribution in [-0.2, 0) is 19.1 Å². The summed E-state index contributed by atoms with van der Waals surface area (Å²) in [5.41, 5.74) is 0. The summed E-state index contributed by atoms with van der Waals surface area (Å²) in [6.07, 6.45) is -0.168. The van der Waals surface area contributed by atoms with Gasteiger partial charge < -0.3 is 14.8 Å². The van der Waals surface area contributed by atoms with E-state index in [1.165, 1.54) is 6.92 Å². The Hall–Kier alpha value is -0.750. The SMILES string of the molecule is CC(=O)NC(CS)C(=O)OC1COC1.